The van der Waals surface area contributed by atoms with Crippen molar-refractivity contribution in [2.24, 2.45) is 23.2 Å². The number of rotatable bonds is 5. The second kappa shape index (κ2) is 7.02. The number of carbonyl (C=O) groups is 1. The molecule has 4 bridgehead atoms. The summed E-state index contributed by atoms with van der Waals surface area (Å²) in [7, 11) is 0. The van der Waals surface area contributed by atoms with Crippen LogP contribution < -0.4 is 9.88 Å². The van der Waals surface area contributed by atoms with E-state index in [-0.39, 0.29) is 11.9 Å². The summed E-state index contributed by atoms with van der Waals surface area (Å²) in [6, 6.07) is 14.7. The number of carbonyl (C=O) groups excluding carboxylic acids is 1. The van der Waals surface area contributed by atoms with Crippen LogP contribution in [0.25, 0.3) is 11.1 Å². The molecule has 4 aliphatic carbocycles. The molecular formula is C25H31N2O+. The SMILES string of the molecule is C[C@@H](NC(=O)C[n+]1cccc(-c2ccccc2)c1)C12CC3CC(CC(C3)C1)C2. The predicted octanol–water partition coefficient (Wildman–Crippen LogP) is 4.36. The van der Waals surface area contributed by atoms with Crippen LogP contribution in [0.2, 0.25) is 0 Å². The molecular weight excluding hydrogens is 344 g/mol. The maximum Gasteiger partial charge on any atom is 0.286 e. The lowest BCUT2D eigenvalue weighted by molar-refractivity contribution is -0.684. The van der Waals surface area contributed by atoms with E-state index in [4.69, 9.17) is 0 Å². The van der Waals surface area contributed by atoms with E-state index in [1.165, 1.54) is 44.1 Å². The first-order valence-electron chi connectivity index (χ1n) is 10.9. The third kappa shape index (κ3) is 3.36. The molecule has 1 aromatic heterocycles. The summed E-state index contributed by atoms with van der Waals surface area (Å²) in [5.74, 6) is 2.89. The molecule has 0 spiro atoms. The Morgan fingerprint density at radius 3 is 2.25 bits per heavy atom. The second-order valence-electron chi connectivity index (χ2n) is 9.70. The Bertz CT molecular complexity index is 825. The minimum absolute atomic E-state index is 0.137. The lowest BCUT2D eigenvalue weighted by Gasteiger charge is -2.59. The van der Waals surface area contributed by atoms with Crippen molar-refractivity contribution in [1.82, 2.24) is 5.32 Å². The standard InChI is InChI=1S/C25H30N2O/c1-18(25-13-19-10-20(14-25)12-21(11-19)15-25)26-24(28)17-27-9-5-8-23(16-27)22-6-3-2-4-7-22/h2-9,16,18-21H,10-15,17H2,1H3/p+1/t18-,19?,20?,21?,25?/m1/s1. The van der Waals surface area contributed by atoms with Crippen LogP contribution in [0.15, 0.2) is 54.9 Å². The predicted molar refractivity (Wildman–Crippen MR) is 110 cm³/mol. The van der Waals surface area contributed by atoms with Gasteiger partial charge in [-0.2, -0.15) is 4.57 Å². The van der Waals surface area contributed by atoms with Crippen LogP contribution in [0.5, 0.6) is 0 Å². The highest BCUT2D eigenvalue weighted by Crippen LogP contribution is 2.61. The molecule has 1 aromatic carbocycles. The topological polar surface area (TPSA) is 33.0 Å². The lowest BCUT2D eigenvalue weighted by atomic mass is 9.48. The van der Waals surface area contributed by atoms with Crippen LogP contribution in [0.3, 0.4) is 0 Å². The number of pyridine rings is 1. The molecule has 4 saturated carbocycles. The summed E-state index contributed by atoms with van der Waals surface area (Å²) >= 11 is 0. The van der Waals surface area contributed by atoms with Crippen LogP contribution in [-0.2, 0) is 11.3 Å². The Hall–Kier alpha value is -2.16. The molecule has 2 aromatic rings. The molecule has 4 aliphatic rings. The highest BCUT2D eigenvalue weighted by molar-refractivity contribution is 5.74. The van der Waals surface area contributed by atoms with E-state index < -0.39 is 0 Å². The fourth-order valence-corrected chi connectivity index (χ4v) is 6.74. The second-order valence-corrected chi connectivity index (χ2v) is 9.70. The van der Waals surface area contributed by atoms with Crippen molar-refractivity contribution in [2.45, 2.75) is 58.0 Å². The molecule has 0 saturated heterocycles. The fourth-order valence-electron chi connectivity index (χ4n) is 6.74. The van der Waals surface area contributed by atoms with E-state index in [0.29, 0.717) is 12.0 Å². The molecule has 1 N–H and O–H groups in total. The van der Waals surface area contributed by atoms with Gasteiger partial charge in [-0.3, -0.25) is 4.79 Å². The third-order valence-electron chi connectivity index (χ3n) is 7.67. The zero-order chi connectivity index (χ0) is 19.1. The van der Waals surface area contributed by atoms with Crippen LogP contribution in [-0.4, -0.2) is 11.9 Å². The van der Waals surface area contributed by atoms with Gasteiger partial charge in [-0.25, -0.2) is 0 Å². The summed E-state index contributed by atoms with van der Waals surface area (Å²) in [5.41, 5.74) is 2.69. The molecule has 1 amide bonds. The van der Waals surface area contributed by atoms with E-state index in [1.807, 2.05) is 35.0 Å². The molecule has 28 heavy (non-hydrogen) atoms. The van der Waals surface area contributed by atoms with Gasteiger partial charge >= 0.3 is 0 Å². The molecule has 0 aliphatic heterocycles. The quantitative estimate of drug-likeness (QED) is 0.774. The van der Waals surface area contributed by atoms with Crippen LogP contribution in [0.1, 0.15) is 45.4 Å². The van der Waals surface area contributed by atoms with Crippen molar-refractivity contribution >= 4 is 5.91 Å². The lowest BCUT2D eigenvalue weighted by Crippen LogP contribution is -2.57. The zero-order valence-electron chi connectivity index (χ0n) is 16.8. The highest BCUT2D eigenvalue weighted by Gasteiger charge is 2.53. The Kier molecular flexibility index (Phi) is 4.49. The first-order valence-corrected chi connectivity index (χ1v) is 10.9. The van der Waals surface area contributed by atoms with E-state index in [9.17, 15) is 4.79 Å². The van der Waals surface area contributed by atoms with Gasteiger partial charge in [0.05, 0.1) is 0 Å². The molecule has 0 unspecified atom stereocenters. The van der Waals surface area contributed by atoms with Crippen molar-refractivity contribution in [3.05, 3.63) is 54.9 Å². The van der Waals surface area contributed by atoms with Crippen molar-refractivity contribution < 1.29 is 9.36 Å². The zero-order valence-corrected chi connectivity index (χ0v) is 16.8. The Labute approximate surface area is 168 Å². The Morgan fingerprint density at radius 1 is 1.00 bits per heavy atom. The summed E-state index contributed by atoms with van der Waals surface area (Å²) in [5, 5.41) is 3.38. The molecule has 0 radical (unpaired) electrons. The number of nitrogens with one attached hydrogen (secondary N) is 1. The first-order chi connectivity index (χ1) is 13.6. The summed E-state index contributed by atoms with van der Waals surface area (Å²) in [4.78, 5) is 12.8. The van der Waals surface area contributed by atoms with Gasteiger partial charge in [0, 0.05) is 17.7 Å². The molecule has 4 fully saturated rings. The molecule has 146 valence electrons. The van der Waals surface area contributed by atoms with Gasteiger partial charge in [-0.1, -0.05) is 30.3 Å². The molecule has 1 atom stereocenters. The minimum Gasteiger partial charge on any atom is -0.348 e. The van der Waals surface area contributed by atoms with Crippen molar-refractivity contribution in [3.63, 3.8) is 0 Å². The summed E-state index contributed by atoms with van der Waals surface area (Å²) in [6.45, 7) is 2.65. The van der Waals surface area contributed by atoms with Crippen LogP contribution >= 0.6 is 0 Å². The Morgan fingerprint density at radius 2 is 1.61 bits per heavy atom. The number of benzene rings is 1. The third-order valence-corrected chi connectivity index (χ3v) is 7.67. The van der Waals surface area contributed by atoms with Gasteiger partial charge in [0.2, 0.25) is 6.54 Å². The smallest absolute Gasteiger partial charge is 0.286 e. The molecule has 1 heterocycles. The molecule has 6 rings (SSSR count). The first kappa shape index (κ1) is 17.9. The van der Waals surface area contributed by atoms with Crippen molar-refractivity contribution in [3.8, 4) is 11.1 Å². The van der Waals surface area contributed by atoms with Gasteiger partial charge < -0.3 is 5.32 Å². The van der Waals surface area contributed by atoms with E-state index >= 15 is 0 Å². The normalized spacial score (nSPS) is 31.5. The fraction of sp³-hybridized carbons (Fsp3) is 0.520. The maximum absolute atomic E-state index is 12.8. The van der Waals surface area contributed by atoms with E-state index in [2.05, 4.69) is 36.6 Å². The van der Waals surface area contributed by atoms with Gasteiger partial charge in [-0.05, 0) is 80.2 Å². The average molecular weight is 376 g/mol. The number of amides is 1. The van der Waals surface area contributed by atoms with Crippen molar-refractivity contribution in [2.75, 3.05) is 0 Å². The molecule has 3 heteroatoms. The van der Waals surface area contributed by atoms with Gasteiger partial charge in [-0.15, -0.1) is 0 Å². The van der Waals surface area contributed by atoms with Crippen LogP contribution in [0, 0.1) is 23.2 Å². The Balaban J connectivity index is 1.25. The largest absolute Gasteiger partial charge is 0.348 e. The minimum atomic E-state index is 0.137. The number of nitrogens with zero attached hydrogens (tertiary/aromatic N) is 1. The van der Waals surface area contributed by atoms with Crippen molar-refractivity contribution in [1.29, 1.82) is 0 Å². The summed E-state index contributed by atoms with van der Waals surface area (Å²) < 4.78 is 2.00. The van der Waals surface area contributed by atoms with Gasteiger partial charge in [0.1, 0.15) is 0 Å². The number of hydrogen-bond acceptors (Lipinski definition) is 1. The van der Waals surface area contributed by atoms with Gasteiger partial charge in [0.15, 0.2) is 12.4 Å². The van der Waals surface area contributed by atoms with E-state index in [1.54, 1.807) is 0 Å². The van der Waals surface area contributed by atoms with E-state index in [0.717, 1.165) is 23.3 Å². The van der Waals surface area contributed by atoms with Crippen LogP contribution in [0.4, 0.5) is 0 Å². The maximum atomic E-state index is 12.8. The molecule has 3 nitrogen and oxygen atoms in total. The van der Waals surface area contributed by atoms with Gasteiger partial charge in [0.25, 0.3) is 5.91 Å². The monoisotopic (exact) mass is 375 g/mol. The number of aromatic nitrogens is 1. The average Bonchev–Trinajstić information content (AvgIpc) is 2.68. The highest BCUT2D eigenvalue weighted by atomic mass is 16.2. The number of hydrogen-bond donors (Lipinski definition) is 1. The summed E-state index contributed by atoms with van der Waals surface area (Å²) in [6.07, 6.45) is 12.4.